The van der Waals surface area contributed by atoms with Gasteiger partial charge in [-0.15, -0.1) is 5.10 Å². The fourth-order valence-electron chi connectivity index (χ4n) is 5.61. The van der Waals surface area contributed by atoms with Crippen LogP contribution in [0.2, 0.25) is 0 Å². The van der Waals surface area contributed by atoms with Crippen LogP contribution in [0.1, 0.15) is 48.5 Å². The van der Waals surface area contributed by atoms with E-state index >= 15 is 0 Å². The molecule has 39 heavy (non-hydrogen) atoms. The molecule has 10 heteroatoms. The van der Waals surface area contributed by atoms with E-state index in [1.165, 1.54) is 41.7 Å². The van der Waals surface area contributed by atoms with Crippen molar-refractivity contribution in [2.24, 2.45) is 0 Å². The van der Waals surface area contributed by atoms with Crippen LogP contribution in [0.15, 0.2) is 60.8 Å². The quantitative estimate of drug-likeness (QED) is 0.312. The Balaban J connectivity index is 1.24. The summed E-state index contributed by atoms with van der Waals surface area (Å²) in [5, 5.41) is 6.86. The van der Waals surface area contributed by atoms with E-state index in [-0.39, 0.29) is 12.5 Å². The van der Waals surface area contributed by atoms with E-state index in [4.69, 9.17) is 0 Å². The standard InChI is InChI=1S/C29H30F3N7/c30-29(31,32)27-36-28(39(37-27)19-26-33-15-14-25(35-26)21-6-2-1-3-7-21)34-23-11-8-20-9-12-24(13-10-22(20)18-23)38-16-4-5-17-38/h1-3,6-8,11,14-15,18,24H,4-5,9-10,12-13,16-17,19H2,(H,34,36,37). The first kappa shape index (κ1) is 25.5. The molecule has 0 saturated carbocycles. The van der Waals surface area contributed by atoms with Gasteiger partial charge < -0.3 is 10.2 Å². The van der Waals surface area contributed by atoms with Crippen LogP contribution in [-0.2, 0) is 25.6 Å². The highest BCUT2D eigenvalue weighted by Crippen LogP contribution is 2.31. The Kier molecular flexibility index (Phi) is 7.03. The highest BCUT2D eigenvalue weighted by Gasteiger charge is 2.37. The van der Waals surface area contributed by atoms with Crippen molar-refractivity contribution in [3.63, 3.8) is 0 Å². The average molecular weight is 534 g/mol. The van der Waals surface area contributed by atoms with E-state index in [9.17, 15) is 13.2 Å². The summed E-state index contributed by atoms with van der Waals surface area (Å²) in [5.41, 5.74) is 4.82. The van der Waals surface area contributed by atoms with Crippen molar-refractivity contribution in [2.45, 2.75) is 57.3 Å². The van der Waals surface area contributed by atoms with Gasteiger partial charge in [-0.05, 0) is 80.9 Å². The highest BCUT2D eigenvalue weighted by atomic mass is 19.4. The molecule has 1 aliphatic carbocycles. The largest absolute Gasteiger partial charge is 0.453 e. The van der Waals surface area contributed by atoms with Gasteiger partial charge in [-0.2, -0.15) is 18.2 Å². The minimum Gasteiger partial charge on any atom is -0.324 e. The number of nitrogens with zero attached hydrogens (tertiary/aromatic N) is 6. The second-order valence-corrected chi connectivity index (χ2v) is 10.2. The van der Waals surface area contributed by atoms with Gasteiger partial charge in [-0.3, -0.25) is 0 Å². The fraction of sp³-hybridized carbons (Fsp3) is 0.379. The van der Waals surface area contributed by atoms with Gasteiger partial charge in [0.05, 0.1) is 5.69 Å². The first-order valence-electron chi connectivity index (χ1n) is 13.4. The fourth-order valence-corrected chi connectivity index (χ4v) is 5.61. The van der Waals surface area contributed by atoms with E-state index in [0.717, 1.165) is 31.2 Å². The number of aromatic nitrogens is 5. The minimum absolute atomic E-state index is 0.000413. The average Bonchev–Trinajstić information content (AvgIpc) is 3.56. The summed E-state index contributed by atoms with van der Waals surface area (Å²) >= 11 is 0. The molecule has 2 aromatic heterocycles. The molecule has 1 aliphatic heterocycles. The molecule has 202 valence electrons. The van der Waals surface area contributed by atoms with Crippen LogP contribution >= 0.6 is 0 Å². The number of anilines is 2. The molecule has 3 heterocycles. The Morgan fingerprint density at radius 3 is 2.44 bits per heavy atom. The predicted molar refractivity (Wildman–Crippen MR) is 143 cm³/mol. The second-order valence-electron chi connectivity index (χ2n) is 10.2. The molecule has 2 aliphatic rings. The number of alkyl halides is 3. The maximum atomic E-state index is 13.6. The van der Waals surface area contributed by atoms with E-state index < -0.39 is 12.0 Å². The number of hydrogen-bond donors (Lipinski definition) is 1. The molecule has 1 saturated heterocycles. The Morgan fingerprint density at radius 1 is 0.897 bits per heavy atom. The number of benzene rings is 2. The van der Waals surface area contributed by atoms with E-state index in [1.54, 1.807) is 12.3 Å². The lowest BCUT2D eigenvalue weighted by molar-refractivity contribution is -0.144. The third-order valence-electron chi connectivity index (χ3n) is 7.60. The lowest BCUT2D eigenvalue weighted by Crippen LogP contribution is -2.32. The predicted octanol–water partition coefficient (Wildman–Crippen LogP) is 5.89. The molecule has 0 radical (unpaired) electrons. The van der Waals surface area contributed by atoms with Gasteiger partial charge in [0.1, 0.15) is 6.54 Å². The van der Waals surface area contributed by atoms with Crippen molar-refractivity contribution in [3.05, 3.63) is 83.6 Å². The van der Waals surface area contributed by atoms with E-state index in [2.05, 4.69) is 36.3 Å². The summed E-state index contributed by atoms with van der Waals surface area (Å²) in [6.07, 6.45) is 3.69. The summed E-state index contributed by atoms with van der Waals surface area (Å²) in [4.78, 5) is 15.2. The lowest BCUT2D eigenvalue weighted by atomic mass is 10.0. The Hall–Kier alpha value is -3.79. The van der Waals surface area contributed by atoms with Gasteiger partial charge in [0.15, 0.2) is 5.82 Å². The summed E-state index contributed by atoms with van der Waals surface area (Å²) in [6.45, 7) is 2.31. The number of hydrogen-bond acceptors (Lipinski definition) is 6. The third-order valence-corrected chi connectivity index (χ3v) is 7.60. The van der Waals surface area contributed by atoms with Gasteiger partial charge in [-0.1, -0.05) is 36.4 Å². The number of rotatable bonds is 6. The molecule has 1 N–H and O–H groups in total. The van der Waals surface area contributed by atoms with Crippen LogP contribution in [0.3, 0.4) is 0 Å². The smallest absolute Gasteiger partial charge is 0.324 e. The molecule has 1 fully saturated rings. The Labute approximate surface area is 225 Å². The molecule has 7 nitrogen and oxygen atoms in total. The molecule has 1 unspecified atom stereocenters. The van der Waals surface area contributed by atoms with Gasteiger partial charge in [0.25, 0.3) is 5.82 Å². The molecule has 2 aromatic carbocycles. The monoisotopic (exact) mass is 533 g/mol. The van der Waals surface area contributed by atoms with Crippen molar-refractivity contribution in [2.75, 3.05) is 18.4 Å². The summed E-state index contributed by atoms with van der Waals surface area (Å²) < 4.78 is 41.9. The summed E-state index contributed by atoms with van der Waals surface area (Å²) in [5.74, 6) is -0.861. The zero-order valence-electron chi connectivity index (χ0n) is 21.5. The van der Waals surface area contributed by atoms with Crippen molar-refractivity contribution >= 4 is 11.6 Å². The zero-order valence-corrected chi connectivity index (χ0v) is 21.5. The molecule has 0 amide bonds. The molecular weight excluding hydrogens is 503 g/mol. The number of halogens is 3. The topological polar surface area (TPSA) is 71.8 Å². The van der Waals surface area contributed by atoms with Crippen molar-refractivity contribution in [1.29, 1.82) is 0 Å². The van der Waals surface area contributed by atoms with E-state index in [0.29, 0.717) is 23.2 Å². The molecule has 6 rings (SSSR count). The van der Waals surface area contributed by atoms with E-state index in [1.807, 2.05) is 42.5 Å². The first-order chi connectivity index (χ1) is 18.9. The highest BCUT2D eigenvalue weighted by molar-refractivity contribution is 5.58. The number of fused-ring (bicyclic) bond motifs is 1. The molecule has 0 bridgehead atoms. The maximum Gasteiger partial charge on any atom is 0.453 e. The summed E-state index contributed by atoms with van der Waals surface area (Å²) in [7, 11) is 0. The zero-order chi connectivity index (χ0) is 26.8. The Morgan fingerprint density at radius 2 is 1.67 bits per heavy atom. The van der Waals surface area contributed by atoms with Gasteiger partial charge in [0, 0.05) is 23.5 Å². The Bertz CT molecular complexity index is 1430. The molecule has 0 spiro atoms. The first-order valence-corrected chi connectivity index (χ1v) is 13.4. The SMILES string of the molecule is FC(F)(F)c1nc(Nc2ccc3c(c2)CCC(N2CCCC2)CC3)n(Cc2nccc(-c3ccccc3)n2)n1. The van der Waals surface area contributed by atoms with Crippen molar-refractivity contribution in [3.8, 4) is 11.3 Å². The minimum atomic E-state index is -4.67. The maximum absolute atomic E-state index is 13.6. The van der Waals surface area contributed by atoms with Crippen LogP contribution in [0.25, 0.3) is 11.3 Å². The van der Waals surface area contributed by atoms with Crippen LogP contribution in [-0.4, -0.2) is 48.8 Å². The van der Waals surface area contributed by atoms with Crippen LogP contribution in [0, 0.1) is 0 Å². The molecule has 4 aromatic rings. The molecule has 1 atom stereocenters. The molecular formula is C29H30F3N7. The number of likely N-dealkylation sites (tertiary alicyclic amines) is 1. The van der Waals surface area contributed by atoms with Gasteiger partial charge in [-0.25, -0.2) is 14.6 Å². The van der Waals surface area contributed by atoms with Gasteiger partial charge >= 0.3 is 6.18 Å². The van der Waals surface area contributed by atoms with Crippen LogP contribution in [0.4, 0.5) is 24.8 Å². The summed E-state index contributed by atoms with van der Waals surface area (Å²) in [6, 6.07) is 18.0. The number of nitrogens with one attached hydrogen (secondary N) is 1. The number of aryl methyl sites for hydroxylation is 2. The van der Waals surface area contributed by atoms with Crippen molar-refractivity contribution < 1.29 is 13.2 Å². The second kappa shape index (κ2) is 10.8. The van der Waals surface area contributed by atoms with Gasteiger partial charge in [0.2, 0.25) is 5.95 Å². The normalized spacial score (nSPS) is 18.1. The lowest BCUT2D eigenvalue weighted by Gasteiger charge is -2.25. The van der Waals surface area contributed by atoms with Crippen LogP contribution < -0.4 is 5.32 Å². The van der Waals surface area contributed by atoms with Crippen molar-refractivity contribution in [1.82, 2.24) is 29.6 Å². The third kappa shape index (κ3) is 5.80. The van der Waals surface area contributed by atoms with Crippen LogP contribution in [0.5, 0.6) is 0 Å².